The van der Waals surface area contributed by atoms with Crippen molar-refractivity contribution in [3.8, 4) is 0 Å². The summed E-state index contributed by atoms with van der Waals surface area (Å²) >= 11 is 0. The normalized spacial score (nSPS) is 28.2. The third-order valence-corrected chi connectivity index (χ3v) is 6.19. The number of amides is 3. The molecule has 0 unspecified atom stereocenters. The Hall–Kier alpha value is -1.59. The van der Waals surface area contributed by atoms with Crippen LogP contribution in [0.5, 0.6) is 0 Å². The molecule has 0 spiro atoms. The minimum absolute atomic E-state index is 0.139. The summed E-state index contributed by atoms with van der Waals surface area (Å²) in [4.78, 5) is 42.7. The number of likely N-dealkylation sites (tertiary alicyclic amines) is 2. The predicted molar refractivity (Wildman–Crippen MR) is 96.8 cm³/mol. The van der Waals surface area contributed by atoms with Gasteiger partial charge in [-0.25, -0.2) is 0 Å². The highest BCUT2D eigenvalue weighted by molar-refractivity contribution is 5.79. The fraction of sp³-hybridized carbons (Fsp3) is 0.842. The van der Waals surface area contributed by atoms with E-state index in [0.29, 0.717) is 58.5 Å². The number of rotatable bonds is 6. The Morgan fingerprint density at radius 1 is 0.840 bits per heavy atom. The molecule has 0 atom stereocenters. The Morgan fingerprint density at radius 2 is 1.32 bits per heavy atom. The average Bonchev–Trinajstić information content (AvgIpc) is 3.04. The van der Waals surface area contributed by atoms with Crippen LogP contribution in [-0.4, -0.2) is 71.7 Å². The van der Waals surface area contributed by atoms with Crippen LogP contribution in [0.4, 0.5) is 0 Å². The van der Waals surface area contributed by atoms with E-state index in [1.165, 1.54) is 0 Å². The zero-order valence-electron chi connectivity index (χ0n) is 16.4. The van der Waals surface area contributed by atoms with Crippen LogP contribution >= 0.6 is 0 Å². The molecule has 6 nitrogen and oxygen atoms in total. The lowest BCUT2D eigenvalue weighted by Gasteiger charge is -2.39. The molecule has 0 saturated carbocycles. The first-order valence-electron chi connectivity index (χ1n) is 9.59. The molecular formula is C19H33N3O3. The van der Waals surface area contributed by atoms with Crippen molar-refractivity contribution >= 4 is 17.7 Å². The summed E-state index contributed by atoms with van der Waals surface area (Å²) in [5, 5.41) is 0. The fourth-order valence-electron chi connectivity index (χ4n) is 4.56. The van der Waals surface area contributed by atoms with Crippen LogP contribution in [-0.2, 0) is 14.4 Å². The minimum Gasteiger partial charge on any atom is -0.342 e. The van der Waals surface area contributed by atoms with Crippen molar-refractivity contribution in [2.45, 2.75) is 53.9 Å². The number of fused-ring (bicyclic) bond motifs is 1. The molecule has 3 amide bonds. The lowest BCUT2D eigenvalue weighted by atomic mass is 9.69. The van der Waals surface area contributed by atoms with Gasteiger partial charge in [-0.3, -0.25) is 14.4 Å². The molecule has 0 aromatic carbocycles. The largest absolute Gasteiger partial charge is 0.342 e. The van der Waals surface area contributed by atoms with E-state index in [9.17, 15) is 14.4 Å². The molecule has 0 radical (unpaired) electrons. The Labute approximate surface area is 151 Å². The summed E-state index contributed by atoms with van der Waals surface area (Å²) in [7, 11) is 0. The minimum atomic E-state index is -0.233. The van der Waals surface area contributed by atoms with E-state index in [0.717, 1.165) is 0 Å². The van der Waals surface area contributed by atoms with E-state index < -0.39 is 0 Å². The maximum Gasteiger partial charge on any atom is 0.222 e. The van der Waals surface area contributed by atoms with E-state index in [2.05, 4.69) is 6.92 Å². The lowest BCUT2D eigenvalue weighted by Crippen LogP contribution is -2.49. The van der Waals surface area contributed by atoms with Crippen molar-refractivity contribution in [2.75, 3.05) is 39.3 Å². The van der Waals surface area contributed by atoms with Crippen LogP contribution in [0.1, 0.15) is 53.9 Å². The van der Waals surface area contributed by atoms with Gasteiger partial charge in [-0.1, -0.05) is 27.7 Å². The third kappa shape index (κ3) is 3.40. The Bertz CT molecular complexity index is 518. The molecule has 0 N–H and O–H groups in total. The van der Waals surface area contributed by atoms with Crippen LogP contribution in [0.3, 0.4) is 0 Å². The summed E-state index contributed by atoms with van der Waals surface area (Å²) in [6.45, 7) is 13.7. The van der Waals surface area contributed by atoms with Crippen molar-refractivity contribution in [1.82, 2.24) is 14.7 Å². The van der Waals surface area contributed by atoms with Crippen molar-refractivity contribution in [3.05, 3.63) is 0 Å². The van der Waals surface area contributed by atoms with Crippen molar-refractivity contribution in [3.63, 3.8) is 0 Å². The highest BCUT2D eigenvalue weighted by Crippen LogP contribution is 2.52. The molecule has 0 aromatic rings. The highest BCUT2D eigenvalue weighted by Gasteiger charge is 2.62. The molecule has 6 heteroatoms. The molecule has 2 rings (SSSR count). The predicted octanol–water partition coefficient (Wildman–Crippen LogP) is 1.74. The Balaban J connectivity index is 2.33. The van der Waals surface area contributed by atoms with Crippen LogP contribution in [0, 0.1) is 10.8 Å². The monoisotopic (exact) mass is 351 g/mol. The SMILES string of the molecule is CCC(=O)N(CC)CC12CN(C(=O)CC)CC1(C)CN(C(=O)CC)C2. The van der Waals surface area contributed by atoms with Gasteiger partial charge in [0, 0.05) is 69.4 Å². The van der Waals surface area contributed by atoms with Gasteiger partial charge in [-0.15, -0.1) is 0 Å². The van der Waals surface area contributed by atoms with Crippen molar-refractivity contribution in [2.24, 2.45) is 10.8 Å². The standard InChI is InChI=1S/C19H33N3O3/c1-6-15(23)20(9-4)12-19-13-21(16(24)7-2)10-18(19,5)11-22(14-19)17(25)8-3/h6-14H2,1-5H3. The summed E-state index contributed by atoms with van der Waals surface area (Å²) in [5.74, 6) is 0.459. The zero-order valence-corrected chi connectivity index (χ0v) is 16.4. The first kappa shape index (κ1) is 19.7. The van der Waals surface area contributed by atoms with Gasteiger partial charge in [0.25, 0.3) is 0 Å². The fourth-order valence-corrected chi connectivity index (χ4v) is 4.56. The quantitative estimate of drug-likeness (QED) is 0.732. The first-order chi connectivity index (χ1) is 11.8. The molecule has 2 fully saturated rings. The molecular weight excluding hydrogens is 318 g/mol. The zero-order chi connectivity index (χ0) is 18.8. The average molecular weight is 351 g/mol. The topological polar surface area (TPSA) is 60.9 Å². The van der Waals surface area contributed by atoms with E-state index in [1.54, 1.807) is 0 Å². The van der Waals surface area contributed by atoms with Crippen LogP contribution in [0.25, 0.3) is 0 Å². The maximum atomic E-state index is 12.3. The summed E-state index contributed by atoms with van der Waals surface area (Å²) in [5.41, 5.74) is -0.395. The molecule has 25 heavy (non-hydrogen) atoms. The van der Waals surface area contributed by atoms with E-state index in [4.69, 9.17) is 0 Å². The van der Waals surface area contributed by atoms with Gasteiger partial charge in [0.2, 0.25) is 17.7 Å². The van der Waals surface area contributed by atoms with Crippen LogP contribution in [0.15, 0.2) is 0 Å². The number of nitrogens with zero attached hydrogens (tertiary/aromatic N) is 3. The van der Waals surface area contributed by atoms with Gasteiger partial charge >= 0.3 is 0 Å². The van der Waals surface area contributed by atoms with Gasteiger partial charge in [0.15, 0.2) is 0 Å². The van der Waals surface area contributed by atoms with Gasteiger partial charge in [0.05, 0.1) is 0 Å². The van der Waals surface area contributed by atoms with Crippen molar-refractivity contribution in [1.29, 1.82) is 0 Å². The van der Waals surface area contributed by atoms with Gasteiger partial charge < -0.3 is 14.7 Å². The summed E-state index contributed by atoms with van der Waals surface area (Å²) in [6, 6.07) is 0. The second-order valence-electron chi connectivity index (χ2n) is 7.81. The molecule has 2 saturated heterocycles. The molecule has 2 aliphatic rings. The first-order valence-corrected chi connectivity index (χ1v) is 9.59. The summed E-state index contributed by atoms with van der Waals surface area (Å²) < 4.78 is 0. The smallest absolute Gasteiger partial charge is 0.222 e. The van der Waals surface area contributed by atoms with E-state index >= 15 is 0 Å². The second-order valence-corrected chi connectivity index (χ2v) is 7.81. The number of hydrogen-bond donors (Lipinski definition) is 0. The Morgan fingerprint density at radius 3 is 1.68 bits per heavy atom. The van der Waals surface area contributed by atoms with E-state index in [-0.39, 0.29) is 28.6 Å². The number of hydrogen-bond acceptors (Lipinski definition) is 3. The highest BCUT2D eigenvalue weighted by atomic mass is 16.2. The van der Waals surface area contributed by atoms with Crippen LogP contribution < -0.4 is 0 Å². The molecule has 0 aliphatic carbocycles. The number of carbonyl (C=O) groups is 3. The molecule has 2 aliphatic heterocycles. The van der Waals surface area contributed by atoms with E-state index in [1.807, 2.05) is 42.4 Å². The lowest BCUT2D eigenvalue weighted by molar-refractivity contribution is -0.133. The Kier molecular flexibility index (Phi) is 5.79. The maximum absolute atomic E-state index is 12.3. The van der Waals surface area contributed by atoms with Crippen molar-refractivity contribution < 1.29 is 14.4 Å². The molecule has 0 aromatic heterocycles. The second kappa shape index (κ2) is 7.34. The molecule has 142 valence electrons. The summed E-state index contributed by atoms with van der Waals surface area (Å²) in [6.07, 6.45) is 1.47. The number of carbonyl (C=O) groups excluding carboxylic acids is 3. The van der Waals surface area contributed by atoms with Gasteiger partial charge in [-0.2, -0.15) is 0 Å². The van der Waals surface area contributed by atoms with Crippen LogP contribution in [0.2, 0.25) is 0 Å². The molecule has 0 bridgehead atoms. The van der Waals surface area contributed by atoms with Gasteiger partial charge in [0.1, 0.15) is 0 Å². The third-order valence-electron chi connectivity index (χ3n) is 6.19. The van der Waals surface area contributed by atoms with Gasteiger partial charge in [-0.05, 0) is 6.92 Å². The molecule has 2 heterocycles.